The molecule has 1 unspecified atom stereocenters. The molecular weight excluding hydrogens is 331 g/mol. The summed E-state index contributed by atoms with van der Waals surface area (Å²) < 4.78 is 51.3. The van der Waals surface area contributed by atoms with E-state index in [0.717, 1.165) is 19.4 Å². The van der Waals surface area contributed by atoms with Crippen LogP contribution in [0.3, 0.4) is 0 Å². The van der Waals surface area contributed by atoms with Gasteiger partial charge in [0.05, 0.1) is 18.5 Å². The fourth-order valence-electron chi connectivity index (χ4n) is 2.91. The van der Waals surface area contributed by atoms with E-state index in [2.05, 4.69) is 0 Å². The van der Waals surface area contributed by atoms with E-state index in [1.807, 2.05) is 0 Å². The Morgan fingerprint density at radius 3 is 2.61 bits per heavy atom. The third-order valence-corrected chi connectivity index (χ3v) is 3.98. The minimum atomic E-state index is -5.14. The number of benzene rings is 2. The Morgan fingerprint density at radius 1 is 1.13 bits per heavy atom. The van der Waals surface area contributed by atoms with Gasteiger partial charge in [-0.2, -0.15) is 0 Å². The third-order valence-electron chi connectivity index (χ3n) is 3.98. The topological polar surface area (TPSA) is 18.5 Å². The normalized spacial score (nSPS) is 18.0. The Labute approximate surface area is 176 Å². The smallest absolute Gasteiger partial charge is 0.496 e. The molecule has 118 valence electrons. The molecule has 1 fully saturated rings. The predicted molar refractivity (Wildman–Crippen MR) is 81.7 cm³/mol. The predicted octanol–water partition coefficient (Wildman–Crippen LogP) is 0.846. The molecule has 1 saturated heterocycles. The van der Waals surface area contributed by atoms with Gasteiger partial charge in [0.15, 0.2) is 0 Å². The molecule has 0 aliphatic carbocycles. The van der Waals surface area contributed by atoms with Crippen molar-refractivity contribution in [3.05, 3.63) is 36.4 Å². The molecule has 1 aliphatic rings. The van der Waals surface area contributed by atoms with Crippen LogP contribution in [0.25, 0.3) is 10.8 Å². The Bertz CT molecular complexity index is 657. The van der Waals surface area contributed by atoms with Crippen molar-refractivity contribution >= 4 is 23.2 Å². The molecule has 3 rings (SSSR count). The van der Waals surface area contributed by atoms with Crippen molar-refractivity contribution in [3.63, 3.8) is 0 Å². The summed E-state index contributed by atoms with van der Waals surface area (Å²) in [4.78, 5) is 0. The van der Waals surface area contributed by atoms with Gasteiger partial charge in [0.25, 0.3) is 0 Å². The summed E-state index contributed by atoms with van der Waals surface area (Å²) in [5, 5.41) is 0.771. The first kappa shape index (κ1) is 19.3. The van der Waals surface area contributed by atoms with Gasteiger partial charge in [-0.05, 0) is 29.7 Å². The van der Waals surface area contributed by atoms with Crippen LogP contribution in [0.15, 0.2) is 36.4 Å². The summed E-state index contributed by atoms with van der Waals surface area (Å²) >= 11 is 0. The Hall–Kier alpha value is -0.0487. The Morgan fingerprint density at radius 2 is 1.91 bits per heavy atom. The van der Waals surface area contributed by atoms with Gasteiger partial charge in [-0.1, -0.05) is 35.8 Å². The van der Waals surface area contributed by atoms with Crippen LogP contribution >= 0.6 is 0 Å². The molecule has 1 aliphatic heterocycles. The summed E-state index contributed by atoms with van der Waals surface area (Å²) in [6.45, 7) is -4.16. The van der Waals surface area contributed by atoms with E-state index < -0.39 is 12.4 Å². The van der Waals surface area contributed by atoms with E-state index in [9.17, 15) is 12.9 Å². The number of rotatable bonds is 5. The summed E-state index contributed by atoms with van der Waals surface area (Å²) in [6, 6.07) is 9.60. The second-order valence-electron chi connectivity index (χ2n) is 5.55. The van der Waals surface area contributed by atoms with Crippen LogP contribution in [0.1, 0.15) is 19.3 Å². The van der Waals surface area contributed by atoms with Crippen LogP contribution in [0.4, 0.5) is 12.9 Å². The number of hydrogen-bond acceptors (Lipinski definition) is 2. The molecule has 23 heavy (non-hydrogen) atoms. The summed E-state index contributed by atoms with van der Waals surface area (Å²) in [6.07, 6.45) is 2.70. The van der Waals surface area contributed by atoms with Gasteiger partial charge in [0.2, 0.25) is 0 Å². The molecule has 0 aromatic heterocycles. The average Bonchev–Trinajstić information content (AvgIpc) is 2.99. The van der Waals surface area contributed by atoms with Crippen molar-refractivity contribution in [2.75, 3.05) is 13.2 Å². The largest absolute Gasteiger partial charge is 1.00 e. The molecule has 7 heteroatoms. The van der Waals surface area contributed by atoms with E-state index in [1.54, 1.807) is 24.3 Å². The first-order chi connectivity index (χ1) is 10.6. The Balaban J connectivity index is 0.00000192. The molecule has 0 bridgehead atoms. The maximum absolute atomic E-state index is 13.5. The number of halogens is 3. The second-order valence-corrected chi connectivity index (χ2v) is 5.55. The fraction of sp³-hybridized carbons (Fsp3) is 0.375. The quantitative estimate of drug-likeness (QED) is 0.746. The van der Waals surface area contributed by atoms with Gasteiger partial charge in [0.1, 0.15) is 0 Å². The van der Waals surface area contributed by atoms with Crippen molar-refractivity contribution in [2.45, 2.75) is 25.4 Å². The summed E-state index contributed by atoms with van der Waals surface area (Å²) in [5.74, 6) is -0.0794. The van der Waals surface area contributed by atoms with E-state index in [1.165, 1.54) is 12.1 Å². The second kappa shape index (κ2) is 8.36. The van der Waals surface area contributed by atoms with E-state index in [-0.39, 0.29) is 75.2 Å². The van der Waals surface area contributed by atoms with Crippen LogP contribution in [-0.2, 0) is 4.74 Å². The third kappa shape index (κ3) is 4.74. The molecule has 0 N–H and O–H groups in total. The Kier molecular flexibility index (Phi) is 7.01. The van der Waals surface area contributed by atoms with Gasteiger partial charge in [-0.15, -0.1) is 0 Å². The number of fused-ring (bicyclic) bond motifs is 1. The van der Waals surface area contributed by atoms with Crippen LogP contribution in [-0.4, -0.2) is 26.3 Å². The van der Waals surface area contributed by atoms with Crippen LogP contribution < -0.4 is 61.6 Å². The average molecular weight is 348 g/mol. The van der Waals surface area contributed by atoms with Crippen molar-refractivity contribution in [2.24, 2.45) is 0 Å². The van der Waals surface area contributed by atoms with Crippen molar-refractivity contribution in [1.29, 1.82) is 0 Å². The number of ether oxygens (including phenoxy) is 2. The van der Waals surface area contributed by atoms with Crippen LogP contribution in [0, 0.1) is 0 Å². The van der Waals surface area contributed by atoms with Gasteiger partial charge in [0, 0.05) is 13.0 Å². The molecular formula is C16H17BF3KO2. The molecule has 0 spiro atoms. The summed E-state index contributed by atoms with van der Waals surface area (Å²) in [7, 11) is 0. The minimum Gasteiger partial charge on any atom is -0.496 e. The molecule has 2 aromatic rings. The van der Waals surface area contributed by atoms with Crippen molar-refractivity contribution in [1.82, 2.24) is 0 Å². The molecule has 2 nitrogen and oxygen atoms in total. The molecule has 0 saturated carbocycles. The first-order valence-electron chi connectivity index (χ1n) is 7.52. The maximum Gasteiger partial charge on any atom is 1.00 e. The molecule has 0 radical (unpaired) electrons. The zero-order chi connectivity index (χ0) is 15.6. The zero-order valence-corrected chi connectivity index (χ0v) is 16.2. The number of hydrogen-bond donors (Lipinski definition) is 0. The molecule has 1 atom stereocenters. The molecule has 2 aromatic carbocycles. The fourth-order valence-corrected chi connectivity index (χ4v) is 2.91. The van der Waals surface area contributed by atoms with Gasteiger partial charge >= 0.3 is 58.4 Å². The summed E-state index contributed by atoms with van der Waals surface area (Å²) in [5.41, 5.74) is -0.634. The molecule has 1 heterocycles. The minimum absolute atomic E-state index is 0. The molecule has 0 amide bonds. The van der Waals surface area contributed by atoms with Gasteiger partial charge in [-0.25, -0.2) is 0 Å². The first-order valence-corrected chi connectivity index (χ1v) is 7.52. The monoisotopic (exact) mass is 348 g/mol. The van der Waals surface area contributed by atoms with Crippen LogP contribution in [0.2, 0.25) is 0 Å². The van der Waals surface area contributed by atoms with E-state index >= 15 is 0 Å². The van der Waals surface area contributed by atoms with Crippen molar-refractivity contribution < 1.29 is 73.8 Å². The van der Waals surface area contributed by atoms with Gasteiger partial charge in [-0.3, -0.25) is 0 Å². The van der Waals surface area contributed by atoms with E-state index in [4.69, 9.17) is 9.47 Å². The standard InChI is InChI=1S/C16H17BF3O2.K/c18-17(19,20)16-14-6-2-1-4-12(14)7-8-15(16)22-11-9-13-5-3-10-21-13;/h1-2,4,6-8,13H,3,5,9-11H2;/q-1;+1. The van der Waals surface area contributed by atoms with Gasteiger partial charge < -0.3 is 22.4 Å². The van der Waals surface area contributed by atoms with Crippen molar-refractivity contribution in [3.8, 4) is 5.75 Å². The maximum atomic E-state index is 13.5. The van der Waals surface area contributed by atoms with Crippen LogP contribution in [0.5, 0.6) is 5.75 Å². The zero-order valence-electron chi connectivity index (χ0n) is 13.1. The SMILES string of the molecule is F[B-](F)(F)c1c(OCCC2CCCO2)ccc2ccccc12.[K+]. The van der Waals surface area contributed by atoms with E-state index in [0.29, 0.717) is 11.8 Å².